The molecule has 33 heavy (non-hydrogen) atoms. The van der Waals surface area contributed by atoms with Crippen LogP contribution in [0.5, 0.6) is 0 Å². The van der Waals surface area contributed by atoms with E-state index >= 15 is 0 Å². The molecule has 2 aliphatic rings. The lowest BCUT2D eigenvalue weighted by Gasteiger charge is -2.24. The summed E-state index contributed by atoms with van der Waals surface area (Å²) in [5.74, 6) is -2.89. The summed E-state index contributed by atoms with van der Waals surface area (Å²) in [5, 5.41) is 30.8. The summed E-state index contributed by atoms with van der Waals surface area (Å²) in [6, 6.07) is -3.82. The average Bonchev–Trinajstić information content (AvgIpc) is 3.34. The van der Waals surface area contributed by atoms with Crippen LogP contribution in [0, 0.1) is 11.8 Å². The number of esters is 2. The van der Waals surface area contributed by atoms with Crippen molar-refractivity contribution in [2.24, 2.45) is 11.8 Å². The first kappa shape index (κ1) is 27.2. The maximum absolute atomic E-state index is 12.8. The highest BCUT2D eigenvalue weighted by Gasteiger charge is 2.37. The van der Waals surface area contributed by atoms with Crippen LogP contribution in [0.15, 0.2) is 0 Å². The van der Waals surface area contributed by atoms with Gasteiger partial charge in [-0.15, -0.1) is 0 Å². The van der Waals surface area contributed by atoms with Crippen molar-refractivity contribution >= 4 is 23.8 Å². The van der Waals surface area contributed by atoms with E-state index in [9.17, 15) is 29.4 Å². The molecule has 0 aromatic carbocycles. The number of aliphatic hydroxyl groups excluding tert-OH is 2. The molecule has 0 aromatic rings. The number of carbonyl (C=O) groups is 4. The first-order chi connectivity index (χ1) is 15.5. The highest BCUT2D eigenvalue weighted by molar-refractivity contribution is 5.96. The Morgan fingerprint density at radius 3 is 1.42 bits per heavy atom. The van der Waals surface area contributed by atoms with E-state index in [0.717, 1.165) is 0 Å². The van der Waals surface area contributed by atoms with E-state index in [2.05, 4.69) is 21.3 Å². The van der Waals surface area contributed by atoms with Gasteiger partial charge in [-0.2, -0.15) is 0 Å². The van der Waals surface area contributed by atoms with Gasteiger partial charge in [-0.1, -0.05) is 27.7 Å². The Bertz CT molecular complexity index is 657. The Kier molecular flexibility index (Phi) is 10.2. The summed E-state index contributed by atoms with van der Waals surface area (Å²) in [6.07, 6.45) is -0.381. The molecule has 6 atom stereocenters. The maximum Gasteiger partial charge on any atom is 0.336 e. The quantitative estimate of drug-likeness (QED) is 0.166. The molecule has 0 radical (unpaired) electrons. The molecular weight excluding hydrogens is 432 g/mol. The second kappa shape index (κ2) is 12.4. The normalized spacial score (nSPS) is 26.8. The smallest absolute Gasteiger partial charge is 0.336 e. The van der Waals surface area contributed by atoms with Gasteiger partial charge >= 0.3 is 11.9 Å². The molecule has 0 aliphatic carbocycles. The molecule has 2 amide bonds. The highest BCUT2D eigenvalue weighted by atomic mass is 16.6. The minimum Gasteiger partial charge on any atom is -0.391 e. The lowest BCUT2D eigenvalue weighted by molar-refractivity contribution is -0.164. The van der Waals surface area contributed by atoms with Gasteiger partial charge in [0.1, 0.15) is 24.2 Å². The molecule has 2 saturated heterocycles. The van der Waals surface area contributed by atoms with Gasteiger partial charge in [0.25, 0.3) is 0 Å². The molecule has 2 unspecified atom stereocenters. The van der Waals surface area contributed by atoms with Gasteiger partial charge < -0.3 is 36.2 Å². The average molecular weight is 471 g/mol. The van der Waals surface area contributed by atoms with Gasteiger partial charge in [-0.05, 0) is 50.6 Å². The third-order valence-corrected chi connectivity index (χ3v) is 5.76. The molecule has 6 N–H and O–H groups in total. The molecule has 2 fully saturated rings. The zero-order valence-corrected chi connectivity index (χ0v) is 19.8. The summed E-state index contributed by atoms with van der Waals surface area (Å²) >= 11 is 0. The number of amides is 2. The first-order valence-electron chi connectivity index (χ1n) is 11.7. The second-order valence-corrected chi connectivity index (χ2v) is 9.70. The van der Waals surface area contributed by atoms with E-state index in [4.69, 9.17) is 4.74 Å². The SMILES string of the molecule is CC(C)C[C@H](NC(=O)[C@H]1NCCC1O)C(=O)OC(=O)[C@H](CC(C)C)NC(=O)[C@H]1NCCC1O. The standard InChI is InChI=1S/C22H38N4O7/c1-11(2)9-13(25-19(29)17-15(27)5-7-23-17)21(31)33-22(32)14(10-12(3)4)26-20(30)18-16(28)6-8-24-18/h11-18,23-24,27-28H,5-10H2,1-4H3,(H,25,29)(H,26,30)/t13-,14-,15?,16?,17-,18-/m0/s1. The van der Waals surface area contributed by atoms with Crippen LogP contribution in [0.2, 0.25) is 0 Å². The minimum atomic E-state index is -1.08. The Morgan fingerprint density at radius 1 is 0.788 bits per heavy atom. The van der Waals surface area contributed by atoms with E-state index < -0.39 is 60.1 Å². The van der Waals surface area contributed by atoms with Crippen molar-refractivity contribution in [3.8, 4) is 0 Å². The number of rotatable bonds is 10. The number of hydrogen-bond donors (Lipinski definition) is 6. The fourth-order valence-electron chi connectivity index (χ4n) is 4.05. The van der Waals surface area contributed by atoms with Gasteiger partial charge in [-0.25, -0.2) is 9.59 Å². The molecule has 2 rings (SSSR count). The van der Waals surface area contributed by atoms with Crippen LogP contribution in [0.4, 0.5) is 0 Å². The highest BCUT2D eigenvalue weighted by Crippen LogP contribution is 2.13. The Morgan fingerprint density at radius 2 is 1.15 bits per heavy atom. The first-order valence-corrected chi connectivity index (χ1v) is 11.7. The van der Waals surface area contributed by atoms with Crippen molar-refractivity contribution in [3.63, 3.8) is 0 Å². The Hall–Kier alpha value is -2.08. The zero-order valence-electron chi connectivity index (χ0n) is 19.8. The summed E-state index contributed by atoms with van der Waals surface area (Å²) in [4.78, 5) is 50.7. The van der Waals surface area contributed by atoms with Crippen molar-refractivity contribution in [1.29, 1.82) is 0 Å². The van der Waals surface area contributed by atoms with Crippen LogP contribution in [0.3, 0.4) is 0 Å². The van der Waals surface area contributed by atoms with E-state index in [-0.39, 0.29) is 24.7 Å². The predicted octanol–water partition coefficient (Wildman–Crippen LogP) is -1.44. The van der Waals surface area contributed by atoms with Gasteiger partial charge in [0, 0.05) is 0 Å². The molecule has 0 saturated carbocycles. The van der Waals surface area contributed by atoms with Crippen molar-refractivity contribution in [1.82, 2.24) is 21.3 Å². The minimum absolute atomic E-state index is 0.0144. The number of ether oxygens (including phenoxy) is 1. The van der Waals surface area contributed by atoms with E-state index in [1.54, 1.807) is 0 Å². The van der Waals surface area contributed by atoms with Crippen LogP contribution in [0.25, 0.3) is 0 Å². The number of carbonyl (C=O) groups excluding carboxylic acids is 4. The van der Waals surface area contributed by atoms with Crippen molar-refractivity contribution in [3.05, 3.63) is 0 Å². The Balaban J connectivity index is 2.04. The van der Waals surface area contributed by atoms with Crippen LogP contribution in [0.1, 0.15) is 53.4 Å². The monoisotopic (exact) mass is 470 g/mol. The third-order valence-electron chi connectivity index (χ3n) is 5.76. The molecule has 2 aliphatic heterocycles. The number of hydrogen-bond acceptors (Lipinski definition) is 9. The Labute approximate surface area is 194 Å². The van der Waals surface area contributed by atoms with Crippen molar-refractivity contribution in [2.75, 3.05) is 13.1 Å². The molecule has 11 heteroatoms. The predicted molar refractivity (Wildman–Crippen MR) is 119 cm³/mol. The summed E-state index contributed by atoms with van der Waals surface area (Å²) in [6.45, 7) is 8.41. The number of aliphatic hydroxyl groups is 2. The third kappa shape index (κ3) is 8.02. The lowest BCUT2D eigenvalue weighted by atomic mass is 10.0. The second-order valence-electron chi connectivity index (χ2n) is 9.70. The fraction of sp³-hybridized carbons (Fsp3) is 0.818. The van der Waals surface area contributed by atoms with Crippen molar-refractivity contribution in [2.45, 2.75) is 89.8 Å². The molecule has 2 heterocycles. The largest absolute Gasteiger partial charge is 0.391 e. The van der Waals surface area contributed by atoms with Crippen LogP contribution < -0.4 is 21.3 Å². The summed E-state index contributed by atoms with van der Waals surface area (Å²) < 4.78 is 5.08. The molecule has 0 bridgehead atoms. The van der Waals surface area contributed by atoms with Gasteiger partial charge in [0.05, 0.1) is 12.2 Å². The lowest BCUT2D eigenvalue weighted by Crippen LogP contribution is -2.54. The van der Waals surface area contributed by atoms with Crippen LogP contribution in [-0.4, -0.2) is 83.4 Å². The summed E-state index contributed by atoms with van der Waals surface area (Å²) in [7, 11) is 0. The van der Waals surface area contributed by atoms with E-state index in [0.29, 0.717) is 25.9 Å². The topological polar surface area (TPSA) is 166 Å². The van der Waals surface area contributed by atoms with Crippen molar-refractivity contribution < 1.29 is 34.1 Å². The molecule has 11 nitrogen and oxygen atoms in total. The summed E-state index contributed by atoms with van der Waals surface area (Å²) in [5.41, 5.74) is 0. The van der Waals surface area contributed by atoms with Crippen LogP contribution >= 0.6 is 0 Å². The van der Waals surface area contributed by atoms with Gasteiger partial charge in [-0.3, -0.25) is 9.59 Å². The molecular formula is C22H38N4O7. The zero-order chi connectivity index (χ0) is 24.7. The maximum atomic E-state index is 12.8. The fourth-order valence-corrected chi connectivity index (χ4v) is 4.05. The number of nitrogens with one attached hydrogen (secondary N) is 4. The van der Waals surface area contributed by atoms with Crippen LogP contribution in [-0.2, 0) is 23.9 Å². The molecule has 188 valence electrons. The molecule has 0 aromatic heterocycles. The molecule has 0 spiro atoms. The van der Waals surface area contributed by atoms with E-state index in [1.807, 2.05) is 27.7 Å². The van der Waals surface area contributed by atoms with Gasteiger partial charge in [0.15, 0.2) is 0 Å². The van der Waals surface area contributed by atoms with E-state index in [1.165, 1.54) is 0 Å². The van der Waals surface area contributed by atoms with Gasteiger partial charge in [0.2, 0.25) is 11.8 Å².